The van der Waals surface area contributed by atoms with E-state index < -0.39 is 0 Å². The van der Waals surface area contributed by atoms with Crippen LogP contribution in [0.5, 0.6) is 0 Å². The van der Waals surface area contributed by atoms with Gasteiger partial charge in [0, 0.05) is 13.7 Å². The lowest BCUT2D eigenvalue weighted by atomic mass is 10.1. The minimum absolute atomic E-state index is 0.106. The fourth-order valence-electron chi connectivity index (χ4n) is 2.73. The van der Waals surface area contributed by atoms with E-state index in [0.717, 1.165) is 10.5 Å². The number of benzene rings is 2. The van der Waals surface area contributed by atoms with Crippen LogP contribution in [0.4, 0.5) is 5.69 Å². The number of hydrogen-bond acceptors (Lipinski definition) is 4. The molecule has 3 amide bonds. The van der Waals surface area contributed by atoms with Gasteiger partial charge in [0.2, 0.25) is 5.91 Å². The molecule has 0 spiro atoms. The zero-order valence-electron chi connectivity index (χ0n) is 13.8. The van der Waals surface area contributed by atoms with E-state index in [4.69, 9.17) is 4.74 Å². The summed E-state index contributed by atoms with van der Waals surface area (Å²) in [5.41, 5.74) is 2.12. The van der Waals surface area contributed by atoms with Gasteiger partial charge < -0.3 is 10.1 Å². The molecule has 2 aromatic carbocycles. The van der Waals surface area contributed by atoms with Gasteiger partial charge >= 0.3 is 0 Å². The van der Waals surface area contributed by atoms with Crippen molar-refractivity contribution in [1.82, 2.24) is 5.32 Å². The van der Waals surface area contributed by atoms with E-state index in [-0.39, 0.29) is 24.1 Å². The van der Waals surface area contributed by atoms with Gasteiger partial charge in [-0.15, -0.1) is 0 Å². The maximum Gasteiger partial charge on any atom is 0.266 e. The number of fused-ring (bicyclic) bond motifs is 1. The second kappa shape index (κ2) is 7.27. The molecule has 0 saturated carbocycles. The predicted molar refractivity (Wildman–Crippen MR) is 92.6 cm³/mol. The minimum Gasteiger partial charge on any atom is -0.383 e. The molecule has 0 fully saturated rings. The highest BCUT2D eigenvalue weighted by molar-refractivity contribution is 6.34. The number of hydrogen-bond donors (Lipinski definition) is 1. The summed E-state index contributed by atoms with van der Waals surface area (Å²) in [5.74, 6) is -0.762. The van der Waals surface area contributed by atoms with E-state index in [1.165, 1.54) is 0 Å². The molecule has 25 heavy (non-hydrogen) atoms. The van der Waals surface area contributed by atoms with Crippen LogP contribution in [0.3, 0.4) is 0 Å². The van der Waals surface area contributed by atoms with E-state index >= 15 is 0 Å². The number of amides is 3. The number of imide groups is 1. The van der Waals surface area contributed by atoms with Crippen molar-refractivity contribution in [2.45, 2.75) is 6.42 Å². The van der Waals surface area contributed by atoms with Crippen LogP contribution >= 0.6 is 0 Å². The first-order valence-corrected chi connectivity index (χ1v) is 7.94. The summed E-state index contributed by atoms with van der Waals surface area (Å²) in [6.45, 7) is 0.923. The average molecular weight is 338 g/mol. The lowest BCUT2D eigenvalue weighted by Crippen LogP contribution is -2.29. The Morgan fingerprint density at radius 1 is 1.00 bits per heavy atom. The van der Waals surface area contributed by atoms with Crippen molar-refractivity contribution in [2.75, 3.05) is 25.2 Å². The summed E-state index contributed by atoms with van der Waals surface area (Å²) < 4.78 is 4.88. The van der Waals surface area contributed by atoms with Gasteiger partial charge in [0.25, 0.3) is 11.8 Å². The molecule has 1 aliphatic rings. The molecule has 3 rings (SSSR count). The summed E-state index contributed by atoms with van der Waals surface area (Å²) in [6.07, 6.45) is 0.228. The quantitative estimate of drug-likeness (QED) is 0.644. The maximum absolute atomic E-state index is 12.4. The highest BCUT2D eigenvalue weighted by atomic mass is 16.5. The van der Waals surface area contributed by atoms with Gasteiger partial charge in [0.1, 0.15) is 0 Å². The monoisotopic (exact) mass is 338 g/mol. The van der Waals surface area contributed by atoms with E-state index in [1.54, 1.807) is 55.6 Å². The van der Waals surface area contributed by atoms with Gasteiger partial charge in [0.15, 0.2) is 0 Å². The van der Waals surface area contributed by atoms with Gasteiger partial charge in [0.05, 0.1) is 29.8 Å². The lowest BCUT2D eigenvalue weighted by molar-refractivity contribution is -0.120. The van der Waals surface area contributed by atoms with Crippen molar-refractivity contribution in [1.29, 1.82) is 0 Å². The topological polar surface area (TPSA) is 75.7 Å². The summed E-state index contributed by atoms with van der Waals surface area (Å²) in [7, 11) is 1.57. The van der Waals surface area contributed by atoms with Crippen LogP contribution in [0.2, 0.25) is 0 Å². The van der Waals surface area contributed by atoms with E-state index in [1.807, 2.05) is 0 Å². The molecule has 1 heterocycles. The van der Waals surface area contributed by atoms with Gasteiger partial charge in [-0.05, 0) is 29.8 Å². The molecule has 1 N–H and O–H groups in total. The number of nitrogens with one attached hydrogen (secondary N) is 1. The number of rotatable bonds is 6. The van der Waals surface area contributed by atoms with Crippen molar-refractivity contribution in [3.8, 4) is 0 Å². The Labute approximate surface area is 145 Å². The van der Waals surface area contributed by atoms with Crippen molar-refractivity contribution >= 4 is 23.4 Å². The molecule has 2 aromatic rings. The fourth-order valence-corrected chi connectivity index (χ4v) is 2.73. The Balaban J connectivity index is 1.70. The van der Waals surface area contributed by atoms with E-state index in [0.29, 0.717) is 30.0 Å². The SMILES string of the molecule is COCCNC(=O)Cc1ccc(N2C(=O)c3ccccc3C2=O)cc1. The molecule has 0 bridgehead atoms. The third kappa shape index (κ3) is 3.44. The molecule has 0 atom stereocenters. The summed E-state index contributed by atoms with van der Waals surface area (Å²) in [4.78, 5) is 37.8. The summed E-state index contributed by atoms with van der Waals surface area (Å²) in [6, 6.07) is 13.6. The van der Waals surface area contributed by atoms with E-state index in [9.17, 15) is 14.4 Å². The predicted octanol–water partition coefficient (Wildman–Crippen LogP) is 1.79. The van der Waals surface area contributed by atoms with Crippen LogP contribution in [-0.2, 0) is 16.0 Å². The van der Waals surface area contributed by atoms with Crippen molar-refractivity contribution in [3.05, 3.63) is 65.2 Å². The maximum atomic E-state index is 12.4. The molecule has 0 saturated heterocycles. The zero-order chi connectivity index (χ0) is 17.8. The number of anilines is 1. The van der Waals surface area contributed by atoms with Gasteiger partial charge in [-0.3, -0.25) is 14.4 Å². The van der Waals surface area contributed by atoms with Crippen molar-refractivity contribution in [3.63, 3.8) is 0 Å². The molecule has 6 heteroatoms. The van der Waals surface area contributed by atoms with Crippen LogP contribution in [0, 0.1) is 0 Å². The first-order chi connectivity index (χ1) is 12.1. The number of carbonyl (C=O) groups is 3. The molecule has 1 aliphatic heterocycles. The summed E-state index contributed by atoms with van der Waals surface area (Å²) >= 11 is 0. The van der Waals surface area contributed by atoms with Gasteiger partial charge in [-0.2, -0.15) is 0 Å². The normalized spacial score (nSPS) is 13.1. The molecular formula is C19H18N2O4. The first kappa shape index (κ1) is 16.9. The van der Waals surface area contributed by atoms with Crippen molar-refractivity contribution < 1.29 is 19.1 Å². The zero-order valence-corrected chi connectivity index (χ0v) is 13.8. The first-order valence-electron chi connectivity index (χ1n) is 7.94. The highest BCUT2D eigenvalue weighted by Crippen LogP contribution is 2.28. The van der Waals surface area contributed by atoms with Crippen LogP contribution in [0.15, 0.2) is 48.5 Å². The summed E-state index contributed by atoms with van der Waals surface area (Å²) in [5, 5.41) is 2.75. The Hall–Kier alpha value is -2.99. The Morgan fingerprint density at radius 3 is 2.16 bits per heavy atom. The van der Waals surface area contributed by atoms with E-state index in [2.05, 4.69) is 5.32 Å². The number of ether oxygens (including phenoxy) is 1. The largest absolute Gasteiger partial charge is 0.383 e. The number of carbonyl (C=O) groups excluding carboxylic acids is 3. The van der Waals surface area contributed by atoms with Crippen LogP contribution in [0.25, 0.3) is 0 Å². The third-order valence-corrected chi connectivity index (χ3v) is 3.98. The molecule has 0 radical (unpaired) electrons. The van der Waals surface area contributed by atoms with Crippen LogP contribution < -0.4 is 10.2 Å². The lowest BCUT2D eigenvalue weighted by Gasteiger charge is -2.14. The highest BCUT2D eigenvalue weighted by Gasteiger charge is 2.36. The second-order valence-electron chi connectivity index (χ2n) is 5.68. The Morgan fingerprint density at radius 2 is 1.60 bits per heavy atom. The average Bonchev–Trinajstić information content (AvgIpc) is 2.88. The standard InChI is InChI=1S/C19H18N2O4/c1-25-11-10-20-17(22)12-13-6-8-14(9-7-13)21-18(23)15-4-2-3-5-16(15)19(21)24/h2-9H,10-12H2,1H3,(H,20,22). The fraction of sp³-hybridized carbons (Fsp3) is 0.211. The smallest absolute Gasteiger partial charge is 0.266 e. The van der Waals surface area contributed by atoms with Crippen LogP contribution in [0.1, 0.15) is 26.3 Å². The number of nitrogens with zero attached hydrogens (tertiary/aromatic N) is 1. The molecule has 0 aliphatic carbocycles. The third-order valence-electron chi connectivity index (χ3n) is 3.98. The van der Waals surface area contributed by atoms with Gasteiger partial charge in [-0.1, -0.05) is 24.3 Å². The Bertz CT molecular complexity index is 779. The molecule has 0 aromatic heterocycles. The minimum atomic E-state index is -0.328. The molecule has 0 unspecified atom stereocenters. The van der Waals surface area contributed by atoms with Crippen LogP contribution in [-0.4, -0.2) is 38.0 Å². The molecule has 128 valence electrons. The van der Waals surface area contributed by atoms with Gasteiger partial charge in [-0.25, -0.2) is 4.90 Å². The second-order valence-corrected chi connectivity index (χ2v) is 5.68. The molecular weight excluding hydrogens is 320 g/mol. The Kier molecular flexibility index (Phi) is 4.90. The van der Waals surface area contributed by atoms with Crippen molar-refractivity contribution in [2.24, 2.45) is 0 Å². The number of methoxy groups -OCH3 is 1. The molecule has 6 nitrogen and oxygen atoms in total.